The largest absolute Gasteiger partial charge is 0.477 e. The molecule has 2 unspecified atom stereocenters. The third-order valence-electron chi connectivity index (χ3n) is 3.52. The van der Waals surface area contributed by atoms with E-state index >= 15 is 0 Å². The van der Waals surface area contributed by atoms with Crippen LogP contribution in [-0.2, 0) is 10.0 Å². The lowest BCUT2D eigenvalue weighted by atomic mass is 10.3. The Hall–Kier alpha value is -0.920. The molecular formula is C12H17NO4S2. The molecule has 0 radical (unpaired) electrons. The molecule has 2 atom stereocenters. The third kappa shape index (κ3) is 2.82. The number of carbonyl (C=O) groups is 1. The first-order valence-electron chi connectivity index (χ1n) is 6.03. The maximum absolute atomic E-state index is 12.3. The summed E-state index contributed by atoms with van der Waals surface area (Å²) in [7, 11) is -2.01. The molecule has 1 aromatic rings. The topological polar surface area (TPSA) is 74.7 Å². The van der Waals surface area contributed by atoms with E-state index in [1.54, 1.807) is 14.0 Å². The fourth-order valence-corrected chi connectivity index (χ4v) is 4.85. The molecule has 0 amide bonds. The van der Waals surface area contributed by atoms with Gasteiger partial charge in [-0.05, 0) is 36.8 Å². The first kappa shape index (κ1) is 14.5. The molecule has 1 N–H and O–H groups in total. The Morgan fingerprint density at radius 3 is 2.58 bits per heavy atom. The summed E-state index contributed by atoms with van der Waals surface area (Å²) in [4.78, 5) is 11.1. The summed E-state index contributed by atoms with van der Waals surface area (Å²) in [6.45, 7) is 4.22. The fraction of sp³-hybridized carbons (Fsp3) is 0.583. The number of aryl methyl sites for hydroxylation is 1. The van der Waals surface area contributed by atoms with E-state index in [4.69, 9.17) is 5.11 Å². The van der Waals surface area contributed by atoms with Crippen LogP contribution in [0.4, 0.5) is 0 Å². The van der Waals surface area contributed by atoms with Crippen LogP contribution in [-0.4, -0.2) is 37.4 Å². The molecule has 0 spiro atoms. The Morgan fingerprint density at radius 2 is 2.16 bits per heavy atom. The van der Waals surface area contributed by atoms with Crippen molar-refractivity contribution < 1.29 is 18.3 Å². The molecule has 2 rings (SSSR count). The Morgan fingerprint density at radius 1 is 1.58 bits per heavy atom. The zero-order valence-electron chi connectivity index (χ0n) is 11.1. The Kier molecular flexibility index (Phi) is 3.72. The molecule has 106 valence electrons. The molecule has 0 aromatic carbocycles. The van der Waals surface area contributed by atoms with Crippen LogP contribution in [0, 0.1) is 18.8 Å². The van der Waals surface area contributed by atoms with E-state index in [0.29, 0.717) is 23.9 Å². The first-order chi connectivity index (χ1) is 8.73. The van der Waals surface area contributed by atoms with Crippen LogP contribution in [0.5, 0.6) is 0 Å². The van der Waals surface area contributed by atoms with Gasteiger partial charge in [-0.3, -0.25) is 0 Å². The summed E-state index contributed by atoms with van der Waals surface area (Å²) in [6.07, 6.45) is 1.06. The summed E-state index contributed by atoms with van der Waals surface area (Å²) in [6, 6.07) is 1.44. The molecule has 0 saturated heterocycles. The predicted molar refractivity (Wildman–Crippen MR) is 73.1 cm³/mol. The molecule has 1 fully saturated rings. The quantitative estimate of drug-likeness (QED) is 0.903. The van der Waals surface area contributed by atoms with E-state index in [1.807, 2.05) is 0 Å². The highest BCUT2D eigenvalue weighted by atomic mass is 32.2. The third-order valence-corrected chi connectivity index (χ3v) is 7.02. The molecule has 0 aliphatic heterocycles. The molecule has 5 nitrogen and oxygen atoms in total. The molecular weight excluding hydrogens is 286 g/mol. The SMILES string of the molecule is Cc1cc(S(=O)(=O)N(C)CC2CC2C)sc1C(=O)O. The zero-order chi connectivity index (χ0) is 14.4. The number of rotatable bonds is 5. The molecule has 1 aliphatic rings. The van der Waals surface area contributed by atoms with Crippen molar-refractivity contribution >= 4 is 27.3 Å². The first-order valence-corrected chi connectivity index (χ1v) is 8.29. The lowest BCUT2D eigenvalue weighted by molar-refractivity contribution is 0.0701. The van der Waals surface area contributed by atoms with Gasteiger partial charge < -0.3 is 5.11 Å². The number of aromatic carboxylic acids is 1. The van der Waals surface area contributed by atoms with E-state index in [2.05, 4.69) is 6.92 Å². The van der Waals surface area contributed by atoms with Gasteiger partial charge in [0.2, 0.25) is 0 Å². The standard InChI is InChI=1S/C12H17NO4S2/c1-7-4-9(7)6-13(3)19(16,17)10-5-8(2)11(18-10)12(14)15/h5,7,9H,4,6H2,1-3H3,(H,14,15). The Balaban J connectivity index is 2.23. The second-order valence-electron chi connectivity index (χ2n) is 5.14. The van der Waals surface area contributed by atoms with Gasteiger partial charge in [0.05, 0.1) is 0 Å². The fourth-order valence-electron chi connectivity index (χ4n) is 2.03. The number of carboxylic acids is 1. The minimum atomic E-state index is -3.56. The highest BCUT2D eigenvalue weighted by Crippen LogP contribution is 2.39. The van der Waals surface area contributed by atoms with Crippen LogP contribution in [0.25, 0.3) is 0 Å². The van der Waals surface area contributed by atoms with E-state index in [1.165, 1.54) is 10.4 Å². The van der Waals surface area contributed by atoms with Crippen molar-refractivity contribution in [1.29, 1.82) is 0 Å². The summed E-state index contributed by atoms with van der Waals surface area (Å²) < 4.78 is 26.1. The summed E-state index contributed by atoms with van der Waals surface area (Å²) >= 11 is 0.822. The maximum Gasteiger partial charge on any atom is 0.346 e. The molecule has 1 heterocycles. The minimum Gasteiger partial charge on any atom is -0.477 e. The van der Waals surface area contributed by atoms with Crippen LogP contribution >= 0.6 is 11.3 Å². The zero-order valence-corrected chi connectivity index (χ0v) is 12.7. The van der Waals surface area contributed by atoms with Crippen LogP contribution < -0.4 is 0 Å². The normalized spacial score (nSPS) is 22.7. The van der Waals surface area contributed by atoms with E-state index < -0.39 is 16.0 Å². The van der Waals surface area contributed by atoms with Crippen molar-refractivity contribution in [2.24, 2.45) is 11.8 Å². The molecule has 19 heavy (non-hydrogen) atoms. The van der Waals surface area contributed by atoms with Crippen LogP contribution in [0.2, 0.25) is 0 Å². The Bertz CT molecular complexity index is 605. The van der Waals surface area contributed by atoms with Gasteiger partial charge in [-0.2, -0.15) is 4.31 Å². The van der Waals surface area contributed by atoms with Gasteiger partial charge >= 0.3 is 5.97 Å². The lowest BCUT2D eigenvalue weighted by Gasteiger charge is -2.15. The van der Waals surface area contributed by atoms with Crippen molar-refractivity contribution in [3.63, 3.8) is 0 Å². The molecule has 0 bridgehead atoms. The van der Waals surface area contributed by atoms with E-state index in [9.17, 15) is 13.2 Å². The number of sulfonamides is 1. The van der Waals surface area contributed by atoms with Gasteiger partial charge in [-0.1, -0.05) is 6.92 Å². The second kappa shape index (κ2) is 4.88. The van der Waals surface area contributed by atoms with Crippen LogP contribution in [0.3, 0.4) is 0 Å². The number of nitrogens with zero attached hydrogens (tertiary/aromatic N) is 1. The van der Waals surface area contributed by atoms with Gasteiger partial charge in [0.25, 0.3) is 10.0 Å². The molecule has 1 aliphatic carbocycles. The summed E-state index contributed by atoms with van der Waals surface area (Å²) in [5, 5.41) is 8.98. The van der Waals surface area contributed by atoms with Gasteiger partial charge in [-0.25, -0.2) is 13.2 Å². The van der Waals surface area contributed by atoms with Gasteiger partial charge in [0.1, 0.15) is 9.09 Å². The van der Waals surface area contributed by atoms with Crippen molar-refractivity contribution in [2.75, 3.05) is 13.6 Å². The lowest BCUT2D eigenvalue weighted by Crippen LogP contribution is -2.28. The van der Waals surface area contributed by atoms with Gasteiger partial charge in [0.15, 0.2) is 0 Å². The van der Waals surface area contributed by atoms with Crippen molar-refractivity contribution in [3.8, 4) is 0 Å². The van der Waals surface area contributed by atoms with Crippen LogP contribution in [0.1, 0.15) is 28.6 Å². The molecule has 7 heteroatoms. The molecule has 1 aromatic heterocycles. The predicted octanol–water partition coefficient (Wildman–Crippen LogP) is 2.03. The van der Waals surface area contributed by atoms with Crippen molar-refractivity contribution in [3.05, 3.63) is 16.5 Å². The average Bonchev–Trinajstić information content (AvgIpc) is 2.84. The highest BCUT2D eigenvalue weighted by molar-refractivity contribution is 7.91. The van der Waals surface area contributed by atoms with E-state index in [-0.39, 0.29) is 9.09 Å². The second-order valence-corrected chi connectivity index (χ2v) is 8.47. The number of hydrogen-bond acceptors (Lipinski definition) is 4. The van der Waals surface area contributed by atoms with Gasteiger partial charge in [-0.15, -0.1) is 11.3 Å². The number of thiophene rings is 1. The highest BCUT2D eigenvalue weighted by Gasteiger charge is 2.36. The molecule has 1 saturated carbocycles. The average molecular weight is 303 g/mol. The number of hydrogen-bond donors (Lipinski definition) is 1. The number of carboxylic acid groups (broad SMARTS) is 1. The summed E-state index contributed by atoms with van der Waals surface area (Å²) in [5.74, 6) is -0.0699. The van der Waals surface area contributed by atoms with Crippen LogP contribution in [0.15, 0.2) is 10.3 Å². The van der Waals surface area contributed by atoms with E-state index in [0.717, 1.165) is 17.8 Å². The maximum atomic E-state index is 12.3. The minimum absolute atomic E-state index is 0.0896. The van der Waals surface area contributed by atoms with Crippen molar-refractivity contribution in [1.82, 2.24) is 4.31 Å². The monoisotopic (exact) mass is 303 g/mol. The summed E-state index contributed by atoms with van der Waals surface area (Å²) in [5.41, 5.74) is 0.490. The smallest absolute Gasteiger partial charge is 0.346 e. The van der Waals surface area contributed by atoms with Gasteiger partial charge in [0, 0.05) is 13.6 Å². The Labute approximate surface area is 116 Å². The van der Waals surface area contributed by atoms with Crippen molar-refractivity contribution in [2.45, 2.75) is 24.5 Å².